The molecular weight excluding hydrogens is 424 g/mol. The van der Waals surface area contributed by atoms with Crippen molar-refractivity contribution < 1.29 is 0 Å². The van der Waals surface area contributed by atoms with Crippen molar-refractivity contribution in [3.8, 4) is 11.6 Å². The molecule has 0 aliphatic carbocycles. The topological polar surface area (TPSA) is 71.3 Å². The predicted octanol–water partition coefficient (Wildman–Crippen LogP) is 5.22. The molecule has 0 spiro atoms. The van der Waals surface area contributed by atoms with Crippen LogP contribution in [-0.4, -0.2) is 39.1 Å². The Morgan fingerprint density at radius 2 is 0.824 bits per heavy atom. The van der Waals surface area contributed by atoms with Gasteiger partial charge in [-0.25, -0.2) is 9.36 Å². The van der Waals surface area contributed by atoms with E-state index in [1.165, 1.54) is 0 Å². The van der Waals surface area contributed by atoms with Crippen molar-refractivity contribution >= 4 is 0 Å². The second-order valence-corrected chi connectivity index (χ2v) is 12.1. The molecule has 0 saturated carbocycles. The molecule has 0 N–H and O–H groups in total. The molecule has 4 aromatic heterocycles. The standard InChI is InChI=1S/C26H38N8/c1-23(2,3)19-11-15-31(27-19)21-13-17-33(29-21)25(7,8)26(9,10)34-18-14-22(30-34)32-16-12-20(28-32)24(4,5)6/h11-18H,1-10H3. The zero-order valence-electron chi connectivity index (χ0n) is 22.2. The van der Waals surface area contributed by atoms with E-state index >= 15 is 0 Å². The largest absolute Gasteiger partial charge is 0.263 e. The Kier molecular flexibility index (Phi) is 5.42. The Morgan fingerprint density at radius 1 is 0.471 bits per heavy atom. The first-order valence-corrected chi connectivity index (χ1v) is 11.9. The number of hydrogen-bond donors (Lipinski definition) is 0. The molecular formula is C26H38N8. The summed E-state index contributed by atoms with van der Waals surface area (Å²) in [7, 11) is 0. The Labute approximate surface area is 202 Å². The summed E-state index contributed by atoms with van der Waals surface area (Å²) in [5.41, 5.74) is 1.31. The number of aromatic nitrogens is 8. The maximum absolute atomic E-state index is 4.89. The van der Waals surface area contributed by atoms with Gasteiger partial charge >= 0.3 is 0 Å². The summed E-state index contributed by atoms with van der Waals surface area (Å²) in [6.07, 6.45) is 7.98. The average Bonchev–Trinajstić information content (AvgIpc) is 3.53. The molecule has 4 rings (SSSR count). The molecule has 0 fully saturated rings. The average molecular weight is 463 g/mol. The van der Waals surface area contributed by atoms with Crippen LogP contribution in [0.4, 0.5) is 0 Å². The van der Waals surface area contributed by atoms with Crippen molar-refractivity contribution in [3.05, 3.63) is 60.4 Å². The van der Waals surface area contributed by atoms with Crippen molar-refractivity contribution in [2.45, 2.75) is 91.1 Å². The summed E-state index contributed by atoms with van der Waals surface area (Å²) in [4.78, 5) is 0. The van der Waals surface area contributed by atoms with Crippen LogP contribution in [0.1, 0.15) is 80.6 Å². The van der Waals surface area contributed by atoms with Crippen LogP contribution in [0.15, 0.2) is 49.1 Å². The SMILES string of the molecule is CC(C)(C)c1ccn(-c2ccn(C(C)(C)C(C)(C)n3ccc(-n4ccc(C(C)(C)C)n4)n3)n2)n1. The molecule has 4 heterocycles. The van der Waals surface area contributed by atoms with E-state index in [2.05, 4.69) is 81.4 Å². The number of hydrogen-bond acceptors (Lipinski definition) is 4. The first-order valence-electron chi connectivity index (χ1n) is 11.9. The molecule has 0 atom stereocenters. The third kappa shape index (κ3) is 4.10. The van der Waals surface area contributed by atoms with Gasteiger partial charge in [-0.1, -0.05) is 41.5 Å². The molecule has 8 nitrogen and oxygen atoms in total. The maximum Gasteiger partial charge on any atom is 0.175 e. The molecule has 4 aromatic rings. The van der Waals surface area contributed by atoms with Crippen molar-refractivity contribution in [2.24, 2.45) is 0 Å². The van der Waals surface area contributed by atoms with Crippen molar-refractivity contribution in [1.82, 2.24) is 39.1 Å². The third-order valence-corrected chi connectivity index (χ3v) is 6.98. The van der Waals surface area contributed by atoms with Gasteiger partial charge in [0, 0.05) is 47.8 Å². The summed E-state index contributed by atoms with van der Waals surface area (Å²) in [6, 6.07) is 8.12. The summed E-state index contributed by atoms with van der Waals surface area (Å²) >= 11 is 0. The van der Waals surface area contributed by atoms with Gasteiger partial charge in [0.25, 0.3) is 0 Å². The second-order valence-electron chi connectivity index (χ2n) is 12.1. The van der Waals surface area contributed by atoms with Crippen LogP contribution in [-0.2, 0) is 21.9 Å². The third-order valence-electron chi connectivity index (χ3n) is 6.98. The van der Waals surface area contributed by atoms with Gasteiger partial charge in [0.15, 0.2) is 11.6 Å². The van der Waals surface area contributed by atoms with Gasteiger partial charge in [0.05, 0.1) is 22.5 Å². The van der Waals surface area contributed by atoms with Crippen LogP contribution >= 0.6 is 0 Å². The van der Waals surface area contributed by atoms with E-state index in [9.17, 15) is 0 Å². The highest BCUT2D eigenvalue weighted by Crippen LogP contribution is 2.35. The fourth-order valence-electron chi connectivity index (χ4n) is 3.76. The van der Waals surface area contributed by atoms with Gasteiger partial charge in [-0.2, -0.15) is 20.4 Å². The summed E-state index contributed by atoms with van der Waals surface area (Å²) in [5.74, 6) is 1.60. The van der Waals surface area contributed by atoms with Gasteiger partial charge in [0.1, 0.15) is 0 Å². The Balaban J connectivity index is 1.61. The quantitative estimate of drug-likeness (QED) is 0.408. The van der Waals surface area contributed by atoms with E-state index < -0.39 is 0 Å². The Morgan fingerprint density at radius 3 is 1.12 bits per heavy atom. The zero-order valence-corrected chi connectivity index (χ0v) is 22.2. The maximum atomic E-state index is 4.89. The molecule has 34 heavy (non-hydrogen) atoms. The fourth-order valence-corrected chi connectivity index (χ4v) is 3.76. The van der Waals surface area contributed by atoms with E-state index in [4.69, 9.17) is 20.4 Å². The zero-order chi connectivity index (χ0) is 25.1. The first kappa shape index (κ1) is 24.0. The lowest BCUT2D eigenvalue weighted by molar-refractivity contribution is 0.0984. The van der Waals surface area contributed by atoms with E-state index in [-0.39, 0.29) is 21.9 Å². The van der Waals surface area contributed by atoms with E-state index in [0.717, 1.165) is 23.0 Å². The van der Waals surface area contributed by atoms with E-state index in [0.29, 0.717) is 0 Å². The van der Waals surface area contributed by atoms with Gasteiger partial charge in [-0.3, -0.25) is 9.36 Å². The van der Waals surface area contributed by atoms with Crippen LogP contribution in [0, 0.1) is 0 Å². The molecule has 0 aliphatic heterocycles. The van der Waals surface area contributed by atoms with Gasteiger partial charge in [0.2, 0.25) is 0 Å². The van der Waals surface area contributed by atoms with Crippen molar-refractivity contribution in [2.75, 3.05) is 0 Å². The highest BCUT2D eigenvalue weighted by molar-refractivity contribution is 5.24. The van der Waals surface area contributed by atoms with E-state index in [1.54, 1.807) is 0 Å². The monoisotopic (exact) mass is 462 g/mol. The minimum atomic E-state index is -0.380. The van der Waals surface area contributed by atoms with Gasteiger partial charge in [-0.15, -0.1) is 0 Å². The predicted molar refractivity (Wildman–Crippen MR) is 135 cm³/mol. The van der Waals surface area contributed by atoms with Crippen LogP contribution in [0.25, 0.3) is 11.6 Å². The van der Waals surface area contributed by atoms with Crippen LogP contribution in [0.3, 0.4) is 0 Å². The molecule has 0 amide bonds. The number of rotatable bonds is 5. The molecule has 0 aliphatic rings. The van der Waals surface area contributed by atoms with Gasteiger partial charge in [-0.05, 0) is 39.8 Å². The second kappa shape index (κ2) is 7.68. The van der Waals surface area contributed by atoms with Crippen LogP contribution in [0.2, 0.25) is 0 Å². The smallest absolute Gasteiger partial charge is 0.175 e. The van der Waals surface area contributed by atoms with Crippen molar-refractivity contribution in [3.63, 3.8) is 0 Å². The summed E-state index contributed by atoms with van der Waals surface area (Å²) in [5, 5.41) is 19.3. The lowest BCUT2D eigenvalue weighted by atomic mass is 9.83. The normalized spacial score (nSPS) is 13.6. The molecule has 0 radical (unpaired) electrons. The van der Waals surface area contributed by atoms with Gasteiger partial charge < -0.3 is 0 Å². The molecule has 0 bridgehead atoms. The van der Waals surface area contributed by atoms with E-state index in [1.807, 2.05) is 55.6 Å². The Hall–Kier alpha value is -3.16. The summed E-state index contributed by atoms with van der Waals surface area (Å²) in [6.45, 7) is 21.7. The molecule has 0 saturated heterocycles. The minimum absolute atomic E-state index is 0.00486. The van der Waals surface area contributed by atoms with Crippen molar-refractivity contribution in [1.29, 1.82) is 0 Å². The molecule has 0 aromatic carbocycles. The highest BCUT2D eigenvalue weighted by atomic mass is 15.5. The summed E-state index contributed by atoms with van der Waals surface area (Å²) < 4.78 is 7.70. The van der Waals surface area contributed by atoms with Crippen LogP contribution in [0.5, 0.6) is 0 Å². The minimum Gasteiger partial charge on any atom is -0.263 e. The highest BCUT2D eigenvalue weighted by Gasteiger charge is 2.42. The molecule has 0 unspecified atom stereocenters. The fraction of sp³-hybridized carbons (Fsp3) is 0.538. The lowest BCUT2D eigenvalue weighted by Gasteiger charge is -2.41. The molecule has 8 heteroatoms. The van der Waals surface area contributed by atoms with Crippen LogP contribution < -0.4 is 0 Å². The number of nitrogens with zero attached hydrogens (tertiary/aromatic N) is 8. The molecule has 182 valence electrons. The first-order chi connectivity index (χ1) is 15.6. The Bertz CT molecular complexity index is 1180. The lowest BCUT2D eigenvalue weighted by Crippen LogP contribution is -2.50.